The lowest BCUT2D eigenvalue weighted by molar-refractivity contribution is -0.0620. The second kappa shape index (κ2) is 5.53. The van der Waals surface area contributed by atoms with E-state index >= 15 is 0 Å². The Labute approximate surface area is 102 Å². The summed E-state index contributed by atoms with van der Waals surface area (Å²) in [5.41, 5.74) is 1.04. The van der Waals surface area contributed by atoms with Gasteiger partial charge >= 0.3 is 0 Å². The molecule has 1 saturated heterocycles. The zero-order valence-corrected chi connectivity index (χ0v) is 10.7. The molecule has 5 heteroatoms. The fourth-order valence-electron chi connectivity index (χ4n) is 2.29. The van der Waals surface area contributed by atoms with Crippen molar-refractivity contribution in [3.63, 3.8) is 0 Å². The molecule has 0 aromatic carbocycles. The number of ether oxygens (including phenoxy) is 1. The second-order valence-electron chi connectivity index (χ2n) is 4.42. The number of morpholine rings is 1. The van der Waals surface area contributed by atoms with E-state index in [1.54, 1.807) is 0 Å². The van der Waals surface area contributed by atoms with Crippen molar-refractivity contribution in [1.82, 2.24) is 20.2 Å². The summed E-state index contributed by atoms with van der Waals surface area (Å²) in [6, 6.07) is 2.18. The van der Waals surface area contributed by atoms with Crippen LogP contribution in [0.5, 0.6) is 0 Å². The number of likely N-dealkylation sites (N-methyl/N-ethyl adjacent to an activating group) is 2. The summed E-state index contributed by atoms with van der Waals surface area (Å²) in [5, 5.41) is 3.18. The normalized spacial score (nSPS) is 26.1. The van der Waals surface area contributed by atoms with Gasteiger partial charge < -0.3 is 10.1 Å². The summed E-state index contributed by atoms with van der Waals surface area (Å²) < 4.78 is 5.83. The van der Waals surface area contributed by atoms with Gasteiger partial charge in [0.05, 0.1) is 24.4 Å². The molecule has 2 rings (SSSR count). The van der Waals surface area contributed by atoms with Gasteiger partial charge in [0.25, 0.3) is 0 Å². The quantitative estimate of drug-likeness (QED) is 0.822. The molecule has 1 N–H and O–H groups in total. The summed E-state index contributed by atoms with van der Waals surface area (Å²) in [5.74, 6) is 0.810. The summed E-state index contributed by atoms with van der Waals surface area (Å²) >= 11 is 0. The highest BCUT2D eigenvalue weighted by Gasteiger charge is 2.32. The van der Waals surface area contributed by atoms with Crippen molar-refractivity contribution in [3.8, 4) is 0 Å². The van der Waals surface area contributed by atoms with E-state index in [0.717, 1.165) is 31.2 Å². The van der Waals surface area contributed by atoms with Crippen molar-refractivity contribution in [2.75, 3.05) is 33.8 Å². The summed E-state index contributed by atoms with van der Waals surface area (Å²) in [7, 11) is 4.06. The molecule has 1 aliphatic rings. The van der Waals surface area contributed by atoms with Crippen LogP contribution in [0, 0.1) is 6.92 Å². The molecule has 0 saturated carbocycles. The molecule has 0 bridgehead atoms. The van der Waals surface area contributed by atoms with Crippen molar-refractivity contribution in [1.29, 1.82) is 0 Å². The lowest BCUT2D eigenvalue weighted by Gasteiger charge is -2.38. The largest absolute Gasteiger partial charge is 0.374 e. The third-order valence-corrected chi connectivity index (χ3v) is 3.11. The Morgan fingerprint density at radius 1 is 1.59 bits per heavy atom. The van der Waals surface area contributed by atoms with Crippen LogP contribution in [0.1, 0.15) is 17.6 Å². The van der Waals surface area contributed by atoms with E-state index in [9.17, 15) is 0 Å². The minimum Gasteiger partial charge on any atom is -0.374 e. The number of aromatic nitrogens is 2. The van der Waals surface area contributed by atoms with Crippen LogP contribution in [0.15, 0.2) is 12.3 Å². The summed E-state index contributed by atoms with van der Waals surface area (Å²) in [6.45, 7) is 4.47. The molecule has 5 nitrogen and oxygen atoms in total. The minimum absolute atomic E-state index is 0.146. The molecule has 1 aromatic heterocycles. The van der Waals surface area contributed by atoms with Gasteiger partial charge in [0.2, 0.25) is 0 Å². The molecule has 1 aromatic rings. The SMILES string of the molecule is CNCC1OCCN(C)C1c1ccnc(C)n1. The fourth-order valence-corrected chi connectivity index (χ4v) is 2.29. The van der Waals surface area contributed by atoms with Crippen molar-refractivity contribution in [3.05, 3.63) is 23.8 Å². The first-order valence-corrected chi connectivity index (χ1v) is 5.98. The van der Waals surface area contributed by atoms with Gasteiger partial charge in [-0.1, -0.05) is 0 Å². The van der Waals surface area contributed by atoms with Crippen LogP contribution in [0.3, 0.4) is 0 Å². The predicted molar refractivity (Wildman–Crippen MR) is 65.8 cm³/mol. The van der Waals surface area contributed by atoms with Gasteiger partial charge in [-0.05, 0) is 27.1 Å². The van der Waals surface area contributed by atoms with Crippen molar-refractivity contribution >= 4 is 0 Å². The van der Waals surface area contributed by atoms with E-state index in [2.05, 4.69) is 27.2 Å². The van der Waals surface area contributed by atoms with Crippen LogP contribution in [0.4, 0.5) is 0 Å². The van der Waals surface area contributed by atoms with E-state index in [1.165, 1.54) is 0 Å². The lowest BCUT2D eigenvalue weighted by atomic mass is 10.0. The number of nitrogens with one attached hydrogen (secondary N) is 1. The van der Waals surface area contributed by atoms with Crippen molar-refractivity contribution in [2.45, 2.75) is 19.1 Å². The molecule has 94 valence electrons. The average Bonchev–Trinajstić information content (AvgIpc) is 2.29. The van der Waals surface area contributed by atoms with Gasteiger partial charge in [-0.2, -0.15) is 0 Å². The van der Waals surface area contributed by atoms with Gasteiger partial charge in [0.1, 0.15) is 5.82 Å². The number of hydrogen-bond acceptors (Lipinski definition) is 5. The average molecular weight is 236 g/mol. The van der Waals surface area contributed by atoms with Crippen molar-refractivity contribution < 1.29 is 4.74 Å². The van der Waals surface area contributed by atoms with Gasteiger partial charge in [-0.3, -0.25) is 4.90 Å². The third-order valence-electron chi connectivity index (χ3n) is 3.11. The summed E-state index contributed by atoms with van der Waals surface area (Å²) in [4.78, 5) is 11.0. The van der Waals surface area contributed by atoms with Gasteiger partial charge in [-0.15, -0.1) is 0 Å². The lowest BCUT2D eigenvalue weighted by Crippen LogP contribution is -2.47. The molecule has 2 heterocycles. The number of hydrogen-bond donors (Lipinski definition) is 1. The second-order valence-corrected chi connectivity index (χ2v) is 4.42. The number of nitrogens with zero attached hydrogens (tertiary/aromatic N) is 3. The predicted octanol–water partition coefficient (Wildman–Crippen LogP) is 0.376. The molecular weight excluding hydrogens is 216 g/mol. The summed E-state index contributed by atoms with van der Waals surface area (Å²) in [6.07, 6.45) is 1.96. The van der Waals surface area contributed by atoms with Gasteiger partial charge in [0, 0.05) is 19.3 Å². The smallest absolute Gasteiger partial charge is 0.125 e. The molecular formula is C12H20N4O. The molecule has 1 aliphatic heterocycles. The van der Waals surface area contributed by atoms with E-state index in [4.69, 9.17) is 4.74 Å². The molecule has 17 heavy (non-hydrogen) atoms. The van der Waals surface area contributed by atoms with Crippen LogP contribution < -0.4 is 5.32 Å². The number of aryl methyl sites for hydroxylation is 1. The Bertz CT molecular complexity index is 369. The zero-order valence-electron chi connectivity index (χ0n) is 10.7. The Hall–Kier alpha value is -1.04. The highest BCUT2D eigenvalue weighted by molar-refractivity contribution is 5.10. The third kappa shape index (κ3) is 2.80. The maximum Gasteiger partial charge on any atom is 0.125 e. The van der Waals surface area contributed by atoms with Crippen LogP contribution in [0.25, 0.3) is 0 Å². The highest BCUT2D eigenvalue weighted by atomic mass is 16.5. The van der Waals surface area contributed by atoms with Crippen molar-refractivity contribution in [2.24, 2.45) is 0 Å². The molecule has 2 atom stereocenters. The number of rotatable bonds is 3. The molecule has 0 radical (unpaired) electrons. The monoisotopic (exact) mass is 236 g/mol. The fraction of sp³-hybridized carbons (Fsp3) is 0.667. The van der Waals surface area contributed by atoms with Crippen LogP contribution >= 0.6 is 0 Å². The molecule has 0 spiro atoms. The topological polar surface area (TPSA) is 50.3 Å². The Morgan fingerprint density at radius 2 is 2.41 bits per heavy atom. The van der Waals surface area contributed by atoms with E-state index in [-0.39, 0.29) is 12.1 Å². The van der Waals surface area contributed by atoms with Crippen LogP contribution in [-0.2, 0) is 4.74 Å². The first-order valence-electron chi connectivity index (χ1n) is 5.98. The first-order chi connectivity index (χ1) is 8.22. The maximum absolute atomic E-state index is 5.83. The molecule has 2 unspecified atom stereocenters. The standard InChI is InChI=1S/C12H20N4O/c1-9-14-5-4-10(15-9)12-11(8-13-2)17-7-6-16(12)3/h4-5,11-13H,6-8H2,1-3H3. The Morgan fingerprint density at radius 3 is 3.12 bits per heavy atom. The Balaban J connectivity index is 2.24. The maximum atomic E-state index is 5.83. The molecule has 1 fully saturated rings. The molecule has 0 aliphatic carbocycles. The van der Waals surface area contributed by atoms with Gasteiger partial charge in [0.15, 0.2) is 0 Å². The molecule has 0 amide bonds. The van der Waals surface area contributed by atoms with E-state index < -0.39 is 0 Å². The van der Waals surface area contributed by atoms with E-state index in [0.29, 0.717) is 0 Å². The zero-order chi connectivity index (χ0) is 12.3. The Kier molecular flexibility index (Phi) is 4.04. The highest BCUT2D eigenvalue weighted by Crippen LogP contribution is 2.26. The first kappa shape index (κ1) is 12.4. The van der Waals surface area contributed by atoms with Crippen LogP contribution in [-0.4, -0.2) is 54.8 Å². The van der Waals surface area contributed by atoms with Gasteiger partial charge in [-0.25, -0.2) is 9.97 Å². The minimum atomic E-state index is 0.146. The van der Waals surface area contributed by atoms with Crippen LogP contribution in [0.2, 0.25) is 0 Å². The van der Waals surface area contributed by atoms with E-state index in [1.807, 2.05) is 26.2 Å².